The molecule has 0 saturated carbocycles. The van der Waals surface area contributed by atoms with E-state index in [0.717, 1.165) is 0 Å². The average Bonchev–Trinajstić information content (AvgIpc) is 2.16. The van der Waals surface area contributed by atoms with Crippen LogP contribution in [0.15, 0.2) is 18.2 Å². The van der Waals surface area contributed by atoms with Crippen LogP contribution in [-0.2, 0) is 0 Å². The number of nitrogens with two attached hydrogens (primary N) is 1. The highest BCUT2D eigenvalue weighted by atomic mass is 16.5. The second-order valence-electron chi connectivity index (χ2n) is 2.52. The first kappa shape index (κ1) is 9.93. The first-order chi connectivity index (χ1) is 6.66. The third kappa shape index (κ3) is 1.96. The van der Waals surface area contributed by atoms with Gasteiger partial charge in [0, 0.05) is 0 Å². The van der Waals surface area contributed by atoms with Gasteiger partial charge in [0.15, 0.2) is 0 Å². The molecule has 0 atom stereocenters. The SMILES string of the molecule is C#CCOc1cccc(C(=O)O)c1N. The van der Waals surface area contributed by atoms with E-state index in [1.165, 1.54) is 6.07 Å². The molecule has 0 spiro atoms. The Morgan fingerprint density at radius 2 is 2.36 bits per heavy atom. The molecule has 0 amide bonds. The van der Waals surface area contributed by atoms with Crippen LogP contribution in [0.2, 0.25) is 0 Å². The summed E-state index contributed by atoms with van der Waals surface area (Å²) in [6, 6.07) is 4.52. The number of carbonyl (C=O) groups is 1. The van der Waals surface area contributed by atoms with E-state index in [1.54, 1.807) is 12.1 Å². The average molecular weight is 191 g/mol. The van der Waals surface area contributed by atoms with Crippen LogP contribution in [0, 0.1) is 12.3 Å². The number of anilines is 1. The van der Waals surface area contributed by atoms with Gasteiger partial charge in [0.25, 0.3) is 0 Å². The van der Waals surface area contributed by atoms with E-state index < -0.39 is 5.97 Å². The molecule has 0 aliphatic rings. The second kappa shape index (κ2) is 4.19. The molecule has 0 unspecified atom stereocenters. The summed E-state index contributed by atoms with van der Waals surface area (Å²) in [5.74, 6) is 1.47. The van der Waals surface area contributed by atoms with Gasteiger partial charge in [-0.1, -0.05) is 12.0 Å². The summed E-state index contributed by atoms with van der Waals surface area (Å²) >= 11 is 0. The third-order valence-corrected chi connectivity index (χ3v) is 1.61. The first-order valence-corrected chi connectivity index (χ1v) is 3.85. The van der Waals surface area contributed by atoms with Gasteiger partial charge in [-0.15, -0.1) is 6.42 Å². The molecule has 0 aromatic heterocycles. The van der Waals surface area contributed by atoms with Crippen molar-refractivity contribution in [1.29, 1.82) is 0 Å². The number of carboxylic acid groups (broad SMARTS) is 1. The van der Waals surface area contributed by atoms with Crippen molar-refractivity contribution in [3.63, 3.8) is 0 Å². The van der Waals surface area contributed by atoms with Gasteiger partial charge in [-0.2, -0.15) is 0 Å². The molecule has 0 radical (unpaired) electrons. The zero-order valence-electron chi connectivity index (χ0n) is 7.36. The Balaban J connectivity index is 3.02. The van der Waals surface area contributed by atoms with Crippen LogP contribution in [0.4, 0.5) is 5.69 Å². The smallest absolute Gasteiger partial charge is 0.337 e. The van der Waals surface area contributed by atoms with E-state index in [2.05, 4.69) is 5.92 Å². The van der Waals surface area contributed by atoms with Gasteiger partial charge >= 0.3 is 5.97 Å². The molecule has 72 valence electrons. The van der Waals surface area contributed by atoms with Gasteiger partial charge in [0.2, 0.25) is 0 Å². The molecule has 0 bridgehead atoms. The monoisotopic (exact) mass is 191 g/mol. The van der Waals surface area contributed by atoms with Crippen molar-refractivity contribution in [1.82, 2.24) is 0 Å². The molecule has 14 heavy (non-hydrogen) atoms. The Kier molecular flexibility index (Phi) is 2.97. The second-order valence-corrected chi connectivity index (χ2v) is 2.52. The summed E-state index contributed by atoms with van der Waals surface area (Å²) in [7, 11) is 0. The maximum absolute atomic E-state index is 10.7. The summed E-state index contributed by atoms with van der Waals surface area (Å²) < 4.78 is 5.05. The van der Waals surface area contributed by atoms with E-state index in [9.17, 15) is 4.79 Å². The molecule has 4 nitrogen and oxygen atoms in total. The zero-order chi connectivity index (χ0) is 10.6. The summed E-state index contributed by atoms with van der Waals surface area (Å²) in [5.41, 5.74) is 5.66. The number of hydrogen-bond donors (Lipinski definition) is 2. The molecule has 1 aromatic rings. The van der Waals surface area contributed by atoms with Crippen LogP contribution in [-0.4, -0.2) is 17.7 Å². The minimum Gasteiger partial charge on any atom is -0.479 e. The van der Waals surface area contributed by atoms with Crippen LogP contribution < -0.4 is 10.5 Å². The van der Waals surface area contributed by atoms with Gasteiger partial charge in [0.05, 0.1) is 11.3 Å². The van der Waals surface area contributed by atoms with Crippen LogP contribution in [0.5, 0.6) is 5.75 Å². The van der Waals surface area contributed by atoms with Crippen LogP contribution in [0.1, 0.15) is 10.4 Å². The van der Waals surface area contributed by atoms with Gasteiger partial charge in [-0.25, -0.2) is 4.79 Å². The minimum absolute atomic E-state index is 0.0134. The van der Waals surface area contributed by atoms with Crippen molar-refractivity contribution in [2.75, 3.05) is 12.3 Å². The minimum atomic E-state index is -1.09. The molecule has 3 N–H and O–H groups in total. The predicted octanol–water partition coefficient (Wildman–Crippen LogP) is 0.979. The number of ether oxygens (including phenoxy) is 1. The predicted molar refractivity (Wildman–Crippen MR) is 52.1 cm³/mol. The fraction of sp³-hybridized carbons (Fsp3) is 0.100. The van der Waals surface area contributed by atoms with Crippen molar-refractivity contribution in [3.8, 4) is 18.1 Å². The maximum atomic E-state index is 10.7. The molecule has 1 aromatic carbocycles. The molecule has 4 heteroatoms. The summed E-state index contributed by atoms with van der Waals surface area (Å²) in [6.45, 7) is 0.0628. The highest BCUT2D eigenvalue weighted by Crippen LogP contribution is 2.24. The molecule has 0 heterocycles. The van der Waals surface area contributed by atoms with E-state index in [4.69, 9.17) is 22.0 Å². The molecule has 1 rings (SSSR count). The normalized spacial score (nSPS) is 9.07. The van der Waals surface area contributed by atoms with E-state index in [-0.39, 0.29) is 17.9 Å². The fourth-order valence-electron chi connectivity index (χ4n) is 0.976. The largest absolute Gasteiger partial charge is 0.479 e. The number of aromatic carboxylic acids is 1. The van der Waals surface area contributed by atoms with E-state index >= 15 is 0 Å². The van der Waals surface area contributed by atoms with Gasteiger partial charge in [0.1, 0.15) is 12.4 Å². The van der Waals surface area contributed by atoms with Crippen molar-refractivity contribution < 1.29 is 14.6 Å². The van der Waals surface area contributed by atoms with Crippen LogP contribution in [0.3, 0.4) is 0 Å². The molecule has 0 saturated heterocycles. The summed E-state index contributed by atoms with van der Waals surface area (Å²) in [4.78, 5) is 10.7. The lowest BCUT2D eigenvalue weighted by Crippen LogP contribution is -2.05. The van der Waals surface area contributed by atoms with Crippen LogP contribution >= 0.6 is 0 Å². The lowest BCUT2D eigenvalue weighted by molar-refractivity contribution is 0.0697. The zero-order valence-corrected chi connectivity index (χ0v) is 7.36. The number of hydrogen-bond acceptors (Lipinski definition) is 3. The van der Waals surface area contributed by atoms with Crippen molar-refractivity contribution in [2.45, 2.75) is 0 Å². The van der Waals surface area contributed by atoms with E-state index in [0.29, 0.717) is 5.75 Å². The van der Waals surface area contributed by atoms with Gasteiger partial charge < -0.3 is 15.6 Å². The fourth-order valence-corrected chi connectivity index (χ4v) is 0.976. The standard InChI is InChI=1S/C10H9NO3/c1-2-6-14-8-5-3-4-7(9(8)11)10(12)13/h1,3-5H,6,11H2,(H,12,13). The molecule has 0 aliphatic carbocycles. The first-order valence-electron chi connectivity index (χ1n) is 3.85. The number of terminal acetylenes is 1. The number of carboxylic acids is 1. The van der Waals surface area contributed by atoms with E-state index in [1.807, 2.05) is 0 Å². The Bertz CT molecular complexity index is 393. The number of benzene rings is 1. The van der Waals surface area contributed by atoms with Crippen molar-refractivity contribution in [3.05, 3.63) is 23.8 Å². The van der Waals surface area contributed by atoms with Crippen molar-refractivity contribution >= 4 is 11.7 Å². The highest BCUT2D eigenvalue weighted by molar-refractivity contribution is 5.95. The molecular formula is C10H9NO3. The highest BCUT2D eigenvalue weighted by Gasteiger charge is 2.11. The molecule has 0 fully saturated rings. The summed E-state index contributed by atoms with van der Waals surface area (Å²) in [6.07, 6.45) is 4.99. The third-order valence-electron chi connectivity index (χ3n) is 1.61. The maximum Gasteiger partial charge on any atom is 0.337 e. The Morgan fingerprint density at radius 1 is 1.64 bits per heavy atom. The Labute approximate surface area is 81.3 Å². The summed E-state index contributed by atoms with van der Waals surface area (Å²) in [5, 5.41) is 8.74. The van der Waals surface area contributed by atoms with Gasteiger partial charge in [-0.3, -0.25) is 0 Å². The number of para-hydroxylation sites is 1. The molecular weight excluding hydrogens is 182 g/mol. The molecule has 0 aliphatic heterocycles. The number of nitrogen functional groups attached to an aromatic ring is 1. The Hall–Kier alpha value is -2.15. The number of rotatable bonds is 3. The van der Waals surface area contributed by atoms with Crippen LogP contribution in [0.25, 0.3) is 0 Å². The topological polar surface area (TPSA) is 72.5 Å². The quantitative estimate of drug-likeness (QED) is 0.551. The Morgan fingerprint density at radius 3 is 2.93 bits per heavy atom. The van der Waals surface area contributed by atoms with Crippen molar-refractivity contribution in [2.24, 2.45) is 0 Å². The lowest BCUT2D eigenvalue weighted by atomic mass is 10.1. The lowest BCUT2D eigenvalue weighted by Gasteiger charge is -2.07. The van der Waals surface area contributed by atoms with Gasteiger partial charge in [-0.05, 0) is 12.1 Å².